The predicted molar refractivity (Wildman–Crippen MR) is 266 cm³/mol. The van der Waals surface area contributed by atoms with Gasteiger partial charge >= 0.3 is 0 Å². The average Bonchev–Trinajstić information content (AvgIpc) is 1.18. The van der Waals surface area contributed by atoms with Crippen molar-refractivity contribution in [2.45, 2.75) is 227 Å². The largest absolute Gasteiger partial charge is 0.394 e. The number of hydrogen-bond acceptors (Lipinski definition) is 37. The molecule has 1 aromatic rings. The third-order valence-corrected chi connectivity index (χ3v) is 17.6. The number of ether oxygens (including phenoxy) is 14. The van der Waals surface area contributed by atoms with Crippen molar-refractivity contribution in [3.05, 3.63) is 29.8 Å². The van der Waals surface area contributed by atoms with Crippen LogP contribution in [0.25, 0.3) is 0 Å². The zero-order valence-electron chi connectivity index (χ0n) is 45.8. The highest BCUT2D eigenvalue weighted by atomic mass is 32.2. The molecule has 0 aromatic heterocycles. The van der Waals surface area contributed by atoms with Crippen LogP contribution >= 0.6 is 0 Å². The Hall–Kier alpha value is -2.23. The summed E-state index contributed by atoms with van der Waals surface area (Å²) in [6, 6.07) is 5.26. The molecule has 21 aliphatic rings. The van der Waals surface area contributed by atoms with E-state index in [2.05, 4.69) is 0 Å². The molecule has 21 aliphatic heterocycles. The standard InChI is InChI=1S/C49H76O37S/c1-13-2-4-14(5-3-13)87(70,71)72-12-21-42-28(62)35(69)49(79-21)85-41-20(11-55)77-47(33(67)26(41)60)83-39-18(9-53)75-45(31(65)24(39)58)81-37-16(7-51)73-43(29(63)22(37)56)80-36-15(6-50)74-44(30(64)23(36)57)82-38-17(8-52)76-46(32(66)25(38)59)84-40-19(10-54)78-48(86-42)34(68)27(40)61/h2-5,15-69H,6-12H2,1H3/t15-,16-,17-,18-,19-,20-,21-,22+,23+,24+,25+,26+,27+,28+,29-,30-,31-,32-,33-,34-,35-,36+,37+,38+,39+,40+,41+,42-,43-,44-,45-,46-,47-,48-,49-/m1/s1. The molecule has 21 heterocycles. The van der Waals surface area contributed by atoms with Gasteiger partial charge in [0, 0.05) is 0 Å². The first kappa shape index (κ1) is 69.1. The van der Waals surface area contributed by atoms with E-state index in [-0.39, 0.29) is 4.90 Å². The molecule has 21 saturated heterocycles. The molecule has 38 heteroatoms. The van der Waals surface area contributed by atoms with Crippen LogP contribution in [0.1, 0.15) is 5.56 Å². The molecule has 21 fully saturated rings. The summed E-state index contributed by atoms with van der Waals surface area (Å²) in [5, 5.41) is 223. The lowest BCUT2D eigenvalue weighted by atomic mass is 9.95. The van der Waals surface area contributed by atoms with Gasteiger partial charge in [0.2, 0.25) is 0 Å². The molecule has 0 unspecified atom stereocenters. The van der Waals surface area contributed by atoms with Gasteiger partial charge in [0.05, 0.1) is 51.1 Å². The van der Waals surface area contributed by atoms with E-state index in [0.717, 1.165) is 0 Å². The highest BCUT2D eigenvalue weighted by Crippen LogP contribution is 2.39. The topological polar surface area (TPSA) is 577 Å². The van der Waals surface area contributed by atoms with Crippen molar-refractivity contribution in [3.63, 3.8) is 0 Å². The number of aliphatic hydroxyl groups excluding tert-OH is 20. The lowest BCUT2D eigenvalue weighted by Gasteiger charge is -2.50. The lowest BCUT2D eigenvalue weighted by Crippen LogP contribution is -2.68. The van der Waals surface area contributed by atoms with E-state index >= 15 is 0 Å². The second-order valence-electron chi connectivity index (χ2n) is 22.0. The second kappa shape index (κ2) is 29.0. The van der Waals surface area contributed by atoms with E-state index in [4.69, 9.17) is 70.5 Å². The Bertz CT molecular complexity index is 2420. The van der Waals surface area contributed by atoms with Crippen molar-refractivity contribution < 1.29 is 181 Å². The molecule has 1 aromatic carbocycles. The Morgan fingerprint density at radius 2 is 0.483 bits per heavy atom. The van der Waals surface area contributed by atoms with Gasteiger partial charge in [-0.25, -0.2) is 0 Å². The fourth-order valence-electron chi connectivity index (χ4n) is 11.3. The minimum atomic E-state index is -4.72. The molecule has 22 rings (SSSR count). The van der Waals surface area contributed by atoms with Crippen LogP contribution in [0.4, 0.5) is 0 Å². The van der Waals surface area contributed by atoms with Crippen LogP contribution in [0.15, 0.2) is 29.2 Å². The van der Waals surface area contributed by atoms with Crippen LogP contribution in [-0.4, -0.2) is 372 Å². The SMILES string of the molecule is Cc1ccc(S(=O)(=O)OC[C@H]2O[C@@H]3O[C@@H]4[C@@H](O)[C@@H](O)[C@@H](O[C@@H]5[C@@H](O)[C@@H](O)[C@@H](O[C@@H]6[C@@H](O)[C@@H](O)[C@@H](O[C@@H]7[C@@H](O)[C@@H](O)[C@@H](O[C@@H]8[C@@H](O)[C@@H](O)[C@@H](O[C@@H]9[C@@H](O)[C@@H](O)[C@@H](O[C@H]2[C@@H](O)[C@H]3O)O[C@@H]9CO)O[C@@H]8CO)O[C@@H]7CO)O[C@@H]6CO)O[C@@H]5CO)O[C@@H]4CO)cc1. The summed E-state index contributed by atoms with van der Waals surface area (Å²) in [4.78, 5) is -0.376. The van der Waals surface area contributed by atoms with Crippen molar-refractivity contribution in [2.75, 3.05) is 46.2 Å². The third kappa shape index (κ3) is 14.0. The van der Waals surface area contributed by atoms with Gasteiger partial charge in [0.15, 0.2) is 44.0 Å². The highest BCUT2D eigenvalue weighted by molar-refractivity contribution is 7.86. The molecule has 500 valence electrons. The fourth-order valence-corrected chi connectivity index (χ4v) is 12.3. The Kier molecular flexibility index (Phi) is 23.0. The predicted octanol–water partition coefficient (Wildman–Crippen LogP) is -13.5. The van der Waals surface area contributed by atoms with E-state index < -0.39 is 271 Å². The molecular weight excluding hydrogens is 1210 g/mol. The molecule has 0 saturated carbocycles. The summed E-state index contributed by atoms with van der Waals surface area (Å²) in [6.07, 6.45) is -72.9. The number of hydrogen-bond donors (Lipinski definition) is 20. The van der Waals surface area contributed by atoms with Crippen molar-refractivity contribution in [2.24, 2.45) is 0 Å². The van der Waals surface area contributed by atoms with Gasteiger partial charge in [-0.1, -0.05) is 17.7 Å². The second-order valence-corrected chi connectivity index (χ2v) is 23.6. The maximum Gasteiger partial charge on any atom is 0.297 e. The Morgan fingerprint density at radius 1 is 0.299 bits per heavy atom. The molecular formula is C49H76O37S. The summed E-state index contributed by atoms with van der Waals surface area (Å²) < 4.78 is 113. The van der Waals surface area contributed by atoms with Crippen LogP contribution in [0.3, 0.4) is 0 Å². The normalized spacial score (nSPS) is 50.5. The van der Waals surface area contributed by atoms with Gasteiger partial charge in [-0.2, -0.15) is 8.42 Å². The first-order chi connectivity index (χ1) is 41.3. The zero-order valence-corrected chi connectivity index (χ0v) is 46.6. The summed E-state index contributed by atoms with van der Waals surface area (Å²) in [5.74, 6) is 0. The molecule has 0 spiro atoms. The number of rotatable bonds is 10. The zero-order chi connectivity index (χ0) is 63.2. The first-order valence-corrected chi connectivity index (χ1v) is 29.0. The van der Waals surface area contributed by atoms with Gasteiger partial charge in [0.25, 0.3) is 10.1 Å². The van der Waals surface area contributed by atoms with Gasteiger partial charge < -0.3 is 168 Å². The van der Waals surface area contributed by atoms with Gasteiger partial charge in [-0.3, -0.25) is 4.18 Å². The average molecular weight is 1290 g/mol. The Balaban J connectivity index is 1.02. The van der Waals surface area contributed by atoms with Crippen LogP contribution in [-0.2, 0) is 80.6 Å². The van der Waals surface area contributed by atoms with Crippen molar-refractivity contribution in [3.8, 4) is 0 Å². The monoisotopic (exact) mass is 1290 g/mol. The van der Waals surface area contributed by atoms with Crippen LogP contribution in [0.2, 0.25) is 0 Å². The van der Waals surface area contributed by atoms with E-state index in [1.807, 2.05) is 0 Å². The fraction of sp³-hybridized carbons (Fsp3) is 0.878. The third-order valence-electron chi connectivity index (χ3n) is 16.3. The highest BCUT2D eigenvalue weighted by Gasteiger charge is 2.60. The van der Waals surface area contributed by atoms with E-state index in [1.165, 1.54) is 24.3 Å². The minimum absolute atomic E-state index is 0.376. The summed E-state index contributed by atoms with van der Waals surface area (Å²) in [7, 11) is -4.72. The van der Waals surface area contributed by atoms with Crippen molar-refractivity contribution in [1.82, 2.24) is 0 Å². The van der Waals surface area contributed by atoms with Crippen LogP contribution in [0, 0.1) is 6.92 Å². The van der Waals surface area contributed by atoms with Crippen molar-refractivity contribution in [1.29, 1.82) is 0 Å². The summed E-state index contributed by atoms with van der Waals surface area (Å²) in [5.41, 5.74) is 0.657. The maximum absolute atomic E-state index is 13.5. The quantitative estimate of drug-likeness (QED) is 0.0967. The first-order valence-electron chi connectivity index (χ1n) is 27.6. The smallest absolute Gasteiger partial charge is 0.297 e. The molecule has 14 bridgehead atoms. The molecule has 35 atom stereocenters. The van der Waals surface area contributed by atoms with Crippen LogP contribution < -0.4 is 0 Å². The molecule has 0 radical (unpaired) electrons. The molecule has 20 N–H and O–H groups in total. The summed E-state index contributed by atoms with van der Waals surface area (Å²) in [6.45, 7) is -6.01. The van der Waals surface area contributed by atoms with Gasteiger partial charge in [-0.05, 0) is 19.1 Å². The van der Waals surface area contributed by atoms with Gasteiger partial charge in [0.1, 0.15) is 171 Å². The van der Waals surface area contributed by atoms with Gasteiger partial charge in [-0.15, -0.1) is 0 Å². The minimum Gasteiger partial charge on any atom is -0.394 e. The molecule has 37 nitrogen and oxygen atoms in total. The molecule has 87 heavy (non-hydrogen) atoms. The van der Waals surface area contributed by atoms with Crippen molar-refractivity contribution >= 4 is 10.1 Å². The number of aryl methyl sites for hydroxylation is 1. The Morgan fingerprint density at radius 3 is 0.678 bits per heavy atom. The van der Waals surface area contributed by atoms with Crippen LogP contribution in [0.5, 0.6) is 0 Å². The van der Waals surface area contributed by atoms with E-state index in [0.29, 0.717) is 5.56 Å². The number of benzene rings is 1. The van der Waals surface area contributed by atoms with E-state index in [1.54, 1.807) is 6.92 Å². The number of aliphatic hydroxyl groups is 20. The maximum atomic E-state index is 13.5. The lowest BCUT2D eigenvalue weighted by molar-refractivity contribution is -0.396. The Labute approximate surface area is 492 Å². The molecule has 0 amide bonds. The van der Waals surface area contributed by atoms with E-state index in [9.17, 15) is 111 Å². The summed E-state index contributed by atoms with van der Waals surface area (Å²) >= 11 is 0. The molecule has 0 aliphatic carbocycles.